The van der Waals surface area contributed by atoms with E-state index in [1.165, 1.54) is 24.0 Å². The van der Waals surface area contributed by atoms with E-state index < -0.39 is 0 Å². The summed E-state index contributed by atoms with van der Waals surface area (Å²) in [6.45, 7) is 0. The first-order valence-electron chi connectivity index (χ1n) is 4.12. The Morgan fingerprint density at radius 2 is 2.27 bits per heavy atom. The number of fused-ring (bicyclic) bond motifs is 1. The van der Waals surface area contributed by atoms with Gasteiger partial charge in [0.15, 0.2) is 0 Å². The Morgan fingerprint density at radius 3 is 2.91 bits per heavy atom. The minimum atomic E-state index is 0.260. The Balaban J connectivity index is 2.12. The van der Waals surface area contributed by atoms with Gasteiger partial charge in [-0.2, -0.15) is 0 Å². The van der Waals surface area contributed by atoms with Crippen molar-refractivity contribution in [3.63, 3.8) is 0 Å². The van der Waals surface area contributed by atoms with Crippen LogP contribution in [0.15, 0.2) is 16.9 Å². The molecule has 0 aliphatic heterocycles. The van der Waals surface area contributed by atoms with Crippen LogP contribution in [0.1, 0.15) is 30.0 Å². The van der Waals surface area contributed by atoms with Gasteiger partial charge in [0, 0.05) is 11.6 Å². The molecule has 1 unspecified atom stereocenters. The van der Waals surface area contributed by atoms with E-state index in [9.17, 15) is 0 Å². The van der Waals surface area contributed by atoms with Crippen LogP contribution in [0.4, 0.5) is 0 Å². The maximum absolute atomic E-state index is 6.07. The zero-order valence-corrected chi connectivity index (χ0v) is 6.34. The van der Waals surface area contributed by atoms with Crippen molar-refractivity contribution in [2.24, 2.45) is 11.1 Å². The van der Waals surface area contributed by atoms with Gasteiger partial charge in [-0.3, -0.25) is 0 Å². The fraction of sp³-hybridized carbons (Fsp3) is 0.556. The molecule has 2 aliphatic carbocycles. The molecule has 0 amide bonds. The largest absolute Gasteiger partial charge is 0.472 e. The van der Waals surface area contributed by atoms with E-state index in [-0.39, 0.29) is 6.04 Å². The predicted octanol–water partition coefficient (Wildman–Crippen LogP) is 1.62. The van der Waals surface area contributed by atoms with E-state index in [4.69, 9.17) is 10.2 Å². The molecule has 0 aromatic carbocycles. The summed E-state index contributed by atoms with van der Waals surface area (Å²) in [5.41, 5.74) is 9.13. The summed E-state index contributed by atoms with van der Waals surface area (Å²) in [5, 5.41) is 0. The molecule has 2 N–H and O–H groups in total. The third kappa shape index (κ3) is 0.566. The molecule has 2 nitrogen and oxygen atoms in total. The zero-order chi connectivity index (χ0) is 7.47. The summed E-state index contributed by atoms with van der Waals surface area (Å²) in [5.74, 6) is 0. The molecule has 2 heteroatoms. The highest BCUT2D eigenvalue weighted by Gasteiger charge is 2.53. The first-order valence-corrected chi connectivity index (χ1v) is 4.12. The van der Waals surface area contributed by atoms with Gasteiger partial charge in [0.2, 0.25) is 0 Å². The zero-order valence-electron chi connectivity index (χ0n) is 6.34. The highest BCUT2D eigenvalue weighted by atomic mass is 16.3. The fourth-order valence-corrected chi connectivity index (χ4v) is 2.22. The van der Waals surface area contributed by atoms with E-state index in [1.807, 2.05) is 12.5 Å². The van der Waals surface area contributed by atoms with Gasteiger partial charge in [-0.15, -0.1) is 0 Å². The van der Waals surface area contributed by atoms with Gasteiger partial charge >= 0.3 is 0 Å². The Hall–Kier alpha value is -0.760. The van der Waals surface area contributed by atoms with Crippen LogP contribution >= 0.6 is 0 Å². The van der Waals surface area contributed by atoms with E-state index in [0.29, 0.717) is 5.41 Å². The van der Waals surface area contributed by atoms with Crippen LogP contribution in [0.25, 0.3) is 0 Å². The van der Waals surface area contributed by atoms with Crippen LogP contribution in [-0.4, -0.2) is 0 Å². The lowest BCUT2D eigenvalue weighted by atomic mass is 9.99. The van der Waals surface area contributed by atoms with Crippen molar-refractivity contribution in [2.75, 3.05) is 0 Å². The van der Waals surface area contributed by atoms with E-state index >= 15 is 0 Å². The summed E-state index contributed by atoms with van der Waals surface area (Å²) >= 11 is 0. The second-order valence-corrected chi connectivity index (χ2v) is 3.87. The molecule has 1 fully saturated rings. The normalized spacial score (nSPS) is 30.8. The number of nitrogens with two attached hydrogens (primary N) is 1. The molecule has 2 aliphatic rings. The smallest absolute Gasteiger partial charge is 0.0953 e. The molecule has 3 rings (SSSR count). The molecule has 58 valence electrons. The third-order valence-electron chi connectivity index (χ3n) is 3.21. The Morgan fingerprint density at radius 1 is 1.45 bits per heavy atom. The minimum Gasteiger partial charge on any atom is -0.472 e. The number of hydrogen-bond acceptors (Lipinski definition) is 2. The Bertz CT molecular complexity index is 298. The average Bonchev–Trinajstić information content (AvgIpc) is 2.53. The van der Waals surface area contributed by atoms with Crippen LogP contribution in [0, 0.1) is 5.41 Å². The van der Waals surface area contributed by atoms with Crippen molar-refractivity contribution in [1.82, 2.24) is 0 Å². The van der Waals surface area contributed by atoms with Gasteiger partial charge in [-0.1, -0.05) is 0 Å². The lowest BCUT2D eigenvalue weighted by molar-refractivity contribution is 0.429. The van der Waals surface area contributed by atoms with Crippen LogP contribution in [0.2, 0.25) is 0 Å². The first kappa shape index (κ1) is 5.84. The van der Waals surface area contributed by atoms with Gasteiger partial charge in [0.05, 0.1) is 12.5 Å². The van der Waals surface area contributed by atoms with Gasteiger partial charge < -0.3 is 10.2 Å². The molecule has 1 heterocycles. The molecule has 11 heavy (non-hydrogen) atoms. The van der Waals surface area contributed by atoms with E-state index in [2.05, 4.69) is 0 Å². The molecule has 1 saturated carbocycles. The molecular weight excluding hydrogens is 138 g/mol. The molecule has 0 bridgehead atoms. The predicted molar refractivity (Wildman–Crippen MR) is 41.0 cm³/mol. The molecule has 0 saturated heterocycles. The quantitative estimate of drug-likeness (QED) is 0.608. The van der Waals surface area contributed by atoms with Gasteiger partial charge in [0.1, 0.15) is 0 Å². The van der Waals surface area contributed by atoms with Crippen molar-refractivity contribution in [2.45, 2.75) is 25.3 Å². The lowest BCUT2D eigenvalue weighted by Crippen LogP contribution is -2.17. The molecule has 1 aromatic rings. The SMILES string of the molecule is NC1c2cocc2CC12CC2. The summed E-state index contributed by atoms with van der Waals surface area (Å²) in [6, 6.07) is 0.260. The van der Waals surface area contributed by atoms with Crippen LogP contribution in [0.5, 0.6) is 0 Å². The van der Waals surface area contributed by atoms with E-state index in [1.54, 1.807) is 0 Å². The standard InChI is InChI=1S/C9H11NO/c10-8-7-5-11-4-6(7)3-9(8)1-2-9/h4-5,8H,1-3,10H2. The molecule has 1 spiro atoms. The number of furan rings is 1. The highest BCUT2D eigenvalue weighted by Crippen LogP contribution is 2.60. The Kier molecular flexibility index (Phi) is 0.812. The maximum atomic E-state index is 6.07. The van der Waals surface area contributed by atoms with Crippen LogP contribution in [0.3, 0.4) is 0 Å². The van der Waals surface area contributed by atoms with Crippen molar-refractivity contribution in [3.8, 4) is 0 Å². The second kappa shape index (κ2) is 1.53. The summed E-state index contributed by atoms with van der Waals surface area (Å²) < 4.78 is 5.10. The van der Waals surface area contributed by atoms with Crippen molar-refractivity contribution in [1.29, 1.82) is 0 Å². The summed E-state index contributed by atoms with van der Waals surface area (Å²) in [4.78, 5) is 0. The minimum absolute atomic E-state index is 0.260. The monoisotopic (exact) mass is 149 g/mol. The molecule has 1 atom stereocenters. The van der Waals surface area contributed by atoms with Crippen molar-refractivity contribution in [3.05, 3.63) is 23.7 Å². The van der Waals surface area contributed by atoms with Gasteiger partial charge in [-0.05, 0) is 30.2 Å². The van der Waals surface area contributed by atoms with Crippen molar-refractivity contribution >= 4 is 0 Å². The third-order valence-corrected chi connectivity index (χ3v) is 3.21. The molecule has 0 radical (unpaired) electrons. The maximum Gasteiger partial charge on any atom is 0.0953 e. The van der Waals surface area contributed by atoms with Crippen LogP contribution < -0.4 is 5.73 Å². The van der Waals surface area contributed by atoms with Gasteiger partial charge in [0.25, 0.3) is 0 Å². The van der Waals surface area contributed by atoms with Crippen LogP contribution in [-0.2, 0) is 6.42 Å². The van der Waals surface area contributed by atoms with Gasteiger partial charge in [-0.25, -0.2) is 0 Å². The average molecular weight is 149 g/mol. The Labute approximate surface area is 65.4 Å². The first-order chi connectivity index (χ1) is 5.32. The second-order valence-electron chi connectivity index (χ2n) is 3.87. The van der Waals surface area contributed by atoms with Crippen molar-refractivity contribution < 1.29 is 4.42 Å². The number of hydrogen-bond donors (Lipinski definition) is 1. The van der Waals surface area contributed by atoms with E-state index in [0.717, 1.165) is 6.42 Å². The molecule has 1 aromatic heterocycles. The number of rotatable bonds is 0. The topological polar surface area (TPSA) is 39.2 Å². The molecular formula is C9H11NO. The summed E-state index contributed by atoms with van der Waals surface area (Å²) in [7, 11) is 0. The fourth-order valence-electron chi connectivity index (χ4n) is 2.22. The highest BCUT2D eigenvalue weighted by molar-refractivity contribution is 5.36. The summed E-state index contributed by atoms with van der Waals surface area (Å²) in [6.07, 6.45) is 7.43. The lowest BCUT2D eigenvalue weighted by Gasteiger charge is -2.12.